The van der Waals surface area contributed by atoms with Crippen molar-refractivity contribution in [3.05, 3.63) is 82.1 Å². The molecule has 13 nitrogen and oxygen atoms in total. The highest BCUT2D eigenvalue weighted by atomic mass is 31.2. The summed E-state index contributed by atoms with van der Waals surface area (Å²) in [6.07, 6.45) is 7.61. The topological polar surface area (TPSA) is 163 Å². The molecule has 65 heavy (non-hydrogen) atoms. The van der Waals surface area contributed by atoms with Crippen molar-refractivity contribution < 1.29 is 47.2 Å². The van der Waals surface area contributed by atoms with E-state index in [0.717, 1.165) is 38.5 Å². The molecular weight excluding hydrogens is 846 g/mol. The van der Waals surface area contributed by atoms with Gasteiger partial charge in [-0.15, -0.1) is 0 Å². The Balaban J connectivity index is 1.27. The predicted octanol–water partition coefficient (Wildman–Crippen LogP) is 10.5. The van der Waals surface area contributed by atoms with Crippen LogP contribution in [-0.4, -0.2) is 66.4 Å². The molecule has 1 saturated carbocycles. The number of allylic oxidation sites excluding steroid dienone is 1. The summed E-state index contributed by atoms with van der Waals surface area (Å²) in [5, 5.41) is 12.3. The van der Waals surface area contributed by atoms with Crippen LogP contribution < -0.4 is 14.8 Å². The van der Waals surface area contributed by atoms with Crippen molar-refractivity contribution in [2.24, 2.45) is 16.2 Å². The van der Waals surface area contributed by atoms with E-state index in [-0.39, 0.29) is 30.2 Å². The number of unbranched alkanes of at least 4 members (excludes halogenated alkanes) is 3. The second kappa shape index (κ2) is 20.5. The summed E-state index contributed by atoms with van der Waals surface area (Å²) in [7, 11) is -1.29. The molecule has 0 bridgehead atoms. The maximum Gasteiger partial charge on any atom is 0.340 e. The van der Waals surface area contributed by atoms with Gasteiger partial charge in [0.1, 0.15) is 23.4 Å². The van der Waals surface area contributed by atoms with E-state index in [9.17, 15) is 19.2 Å². The Morgan fingerprint density at radius 1 is 0.877 bits per heavy atom. The number of fused-ring (bicyclic) bond motifs is 6. The number of benzene rings is 2. The van der Waals surface area contributed by atoms with Crippen LogP contribution in [0.5, 0.6) is 11.5 Å². The maximum absolute atomic E-state index is 14.8. The zero-order valence-corrected chi connectivity index (χ0v) is 40.9. The lowest BCUT2D eigenvalue weighted by atomic mass is 9.68. The van der Waals surface area contributed by atoms with E-state index in [2.05, 4.69) is 43.8 Å². The number of amides is 1. The zero-order valence-electron chi connectivity index (χ0n) is 40.0. The fourth-order valence-corrected chi connectivity index (χ4v) is 10.7. The Labute approximate surface area is 386 Å². The molecule has 2 heterocycles. The lowest BCUT2D eigenvalue weighted by molar-refractivity contribution is -0.149. The van der Waals surface area contributed by atoms with E-state index in [4.69, 9.17) is 33.3 Å². The molecule has 3 unspecified atom stereocenters. The van der Waals surface area contributed by atoms with Crippen LogP contribution in [0.1, 0.15) is 155 Å². The van der Waals surface area contributed by atoms with Gasteiger partial charge in [0.15, 0.2) is 5.60 Å². The SMILES string of the molecule is CC(C)N(C(C)C)P(OCCC#N)OCCCCCCNC(=O)C1(C2=C(OC(=O)C(C)(C)C)CC3Oc4cc(OC(=O)C(C)(C)C)ccc4C4(OC(=O)c5ccccc54)C3=C2)CCCC1. The Hall–Kier alpha value is -4.60. The number of nitriles is 1. The van der Waals surface area contributed by atoms with Crippen LogP contribution in [0.25, 0.3) is 0 Å². The molecule has 3 atom stereocenters. The normalized spacial score (nSPS) is 20.4. The molecule has 1 fully saturated rings. The second-order valence-electron chi connectivity index (χ2n) is 20.1. The molecule has 1 amide bonds. The molecule has 2 aliphatic carbocycles. The Morgan fingerprint density at radius 2 is 1.52 bits per heavy atom. The number of carbonyl (C=O) groups is 4. The molecule has 14 heteroatoms. The lowest BCUT2D eigenvalue weighted by Crippen LogP contribution is -2.47. The van der Waals surface area contributed by atoms with Gasteiger partial charge in [0.25, 0.3) is 8.53 Å². The Bertz CT molecular complexity index is 2200. The van der Waals surface area contributed by atoms with Gasteiger partial charge in [-0.1, -0.05) is 43.9 Å². The first-order valence-electron chi connectivity index (χ1n) is 23.3. The smallest absolute Gasteiger partial charge is 0.340 e. The number of rotatable bonds is 18. The first-order valence-corrected chi connectivity index (χ1v) is 24.4. The van der Waals surface area contributed by atoms with Crippen molar-refractivity contribution in [2.75, 3.05) is 19.8 Å². The van der Waals surface area contributed by atoms with Gasteiger partial charge < -0.3 is 33.3 Å². The molecule has 0 radical (unpaired) electrons. The summed E-state index contributed by atoms with van der Waals surface area (Å²) >= 11 is 0. The highest BCUT2D eigenvalue weighted by Gasteiger charge is 2.59. The second-order valence-corrected chi connectivity index (χ2v) is 21.6. The zero-order chi connectivity index (χ0) is 47.3. The van der Waals surface area contributed by atoms with E-state index >= 15 is 0 Å². The van der Waals surface area contributed by atoms with Crippen molar-refractivity contribution >= 4 is 32.3 Å². The van der Waals surface area contributed by atoms with Gasteiger partial charge in [-0.3, -0.25) is 14.4 Å². The number of hydrogen-bond donors (Lipinski definition) is 1. The third-order valence-electron chi connectivity index (χ3n) is 12.4. The summed E-state index contributed by atoms with van der Waals surface area (Å²) < 4.78 is 39.9. The van der Waals surface area contributed by atoms with Crippen LogP contribution in [0.4, 0.5) is 0 Å². The number of ether oxygens (including phenoxy) is 4. The van der Waals surface area contributed by atoms with Crippen LogP contribution in [0.3, 0.4) is 0 Å². The molecule has 1 N–H and O–H groups in total. The average molecular weight is 914 g/mol. The Kier molecular flexibility index (Phi) is 15.7. The molecule has 6 rings (SSSR count). The lowest BCUT2D eigenvalue weighted by Gasteiger charge is -2.45. The fourth-order valence-electron chi connectivity index (χ4n) is 9.08. The summed E-state index contributed by atoms with van der Waals surface area (Å²) in [5.41, 5.74) is -1.23. The minimum absolute atomic E-state index is 0.0879. The quantitative estimate of drug-likeness (QED) is 0.0653. The molecule has 2 aromatic rings. The van der Waals surface area contributed by atoms with Crippen LogP contribution in [0.15, 0.2) is 65.4 Å². The number of nitrogens with one attached hydrogen (secondary N) is 1. The monoisotopic (exact) mass is 913 g/mol. The van der Waals surface area contributed by atoms with Crippen molar-refractivity contribution in [1.82, 2.24) is 9.99 Å². The summed E-state index contributed by atoms with van der Waals surface area (Å²) in [4.78, 5) is 55.3. The van der Waals surface area contributed by atoms with Crippen LogP contribution in [-0.2, 0) is 38.5 Å². The van der Waals surface area contributed by atoms with Gasteiger partial charge in [0, 0.05) is 53.4 Å². The molecular formula is C51H68N3O10P. The summed E-state index contributed by atoms with van der Waals surface area (Å²) in [6, 6.07) is 15.0. The van der Waals surface area contributed by atoms with Gasteiger partial charge in [0.2, 0.25) is 5.91 Å². The van der Waals surface area contributed by atoms with Gasteiger partial charge in [0.05, 0.1) is 47.5 Å². The van der Waals surface area contributed by atoms with Crippen molar-refractivity contribution in [1.29, 1.82) is 5.26 Å². The molecule has 0 saturated heterocycles. The average Bonchev–Trinajstić information content (AvgIpc) is 3.85. The highest BCUT2D eigenvalue weighted by Crippen LogP contribution is 2.59. The number of hydrogen-bond acceptors (Lipinski definition) is 12. The molecule has 2 aromatic carbocycles. The van der Waals surface area contributed by atoms with E-state index in [1.54, 1.807) is 71.9 Å². The maximum atomic E-state index is 14.8. The third kappa shape index (κ3) is 10.7. The van der Waals surface area contributed by atoms with Crippen molar-refractivity contribution in [3.8, 4) is 17.6 Å². The molecule has 0 aromatic heterocycles. The van der Waals surface area contributed by atoms with Crippen molar-refractivity contribution in [2.45, 2.75) is 157 Å². The van der Waals surface area contributed by atoms with Crippen LogP contribution >= 0.6 is 8.53 Å². The van der Waals surface area contributed by atoms with E-state index < -0.39 is 54.4 Å². The molecule has 4 aliphatic rings. The third-order valence-corrected chi connectivity index (χ3v) is 14.5. The van der Waals surface area contributed by atoms with Gasteiger partial charge >= 0.3 is 17.9 Å². The highest BCUT2D eigenvalue weighted by molar-refractivity contribution is 7.44. The van der Waals surface area contributed by atoms with Crippen molar-refractivity contribution in [3.63, 3.8) is 0 Å². The minimum atomic E-state index is -1.44. The first-order chi connectivity index (χ1) is 30.7. The number of nitrogens with zero attached hydrogens (tertiary/aromatic N) is 2. The molecule has 2 aliphatic heterocycles. The Morgan fingerprint density at radius 3 is 2.18 bits per heavy atom. The largest absolute Gasteiger partial charge is 0.485 e. The van der Waals surface area contributed by atoms with E-state index in [1.807, 2.05) is 18.2 Å². The summed E-state index contributed by atoms with van der Waals surface area (Å²) in [6.45, 7) is 20.5. The predicted molar refractivity (Wildman–Crippen MR) is 247 cm³/mol. The standard InChI is InChI=1S/C51H68N3O10P/c1-33(2)54(34(3)4)65(60-29-19-26-52)59-28-18-12-11-17-27-53-45(56)50(24-15-16-25-50)39-31-40-43(32-42(39)63-47(58)49(8,9)10)62-41-30-35(61-46(57)48(5,6)7)22-23-38(41)51(40)37-21-14-13-20-36(37)44(55)64-51/h13-14,20-23,30-31,33-34,43H,11-12,15-19,24-25,27-29,32H2,1-10H3,(H,53,56). The molecule has 352 valence electrons. The summed E-state index contributed by atoms with van der Waals surface area (Å²) in [5.74, 6) is -0.498. The van der Waals surface area contributed by atoms with Crippen LogP contribution in [0.2, 0.25) is 0 Å². The fraction of sp³-hybridized carbons (Fsp3) is 0.588. The number of carbonyl (C=O) groups excluding carboxylic acids is 4. The van der Waals surface area contributed by atoms with Gasteiger partial charge in [-0.2, -0.15) is 5.26 Å². The minimum Gasteiger partial charge on any atom is -0.485 e. The number of esters is 3. The van der Waals surface area contributed by atoms with Gasteiger partial charge in [-0.25, -0.2) is 9.46 Å². The van der Waals surface area contributed by atoms with Crippen LogP contribution in [0, 0.1) is 27.6 Å². The van der Waals surface area contributed by atoms with Gasteiger partial charge in [-0.05, 0) is 119 Å². The van der Waals surface area contributed by atoms with E-state index in [0.29, 0.717) is 78.4 Å². The van der Waals surface area contributed by atoms with E-state index in [1.165, 1.54) is 0 Å². The first kappa shape index (κ1) is 49.8. The molecule has 1 spiro atoms.